The second kappa shape index (κ2) is 8.14. The van der Waals surface area contributed by atoms with Crippen LogP contribution in [-0.4, -0.2) is 19.0 Å². The number of hydrogen-bond acceptors (Lipinski definition) is 1. The first-order chi connectivity index (χ1) is 14.0. The van der Waals surface area contributed by atoms with Gasteiger partial charge in [0.2, 0.25) is 0 Å². The Hall–Kier alpha value is -2.80. The van der Waals surface area contributed by atoms with Crippen molar-refractivity contribution in [2.75, 3.05) is 14.1 Å². The van der Waals surface area contributed by atoms with Crippen LogP contribution in [-0.2, 0) is 18.9 Å². The molecule has 0 aromatic heterocycles. The molecule has 0 bridgehead atoms. The summed E-state index contributed by atoms with van der Waals surface area (Å²) in [6.45, 7) is 0.466. The van der Waals surface area contributed by atoms with Crippen molar-refractivity contribution in [3.63, 3.8) is 0 Å². The number of halogens is 6. The molecular formula is C23H19F6N. The molecule has 0 N–H and O–H groups in total. The SMILES string of the molecule is CN(C)Cc1c(-c2ccc(C(F)(F)F)cc2)cccc1-c1ccc(C(F)(F)F)cc1. The Balaban J connectivity index is 2.10. The minimum atomic E-state index is -4.42. The summed E-state index contributed by atoms with van der Waals surface area (Å²) in [5, 5.41) is 0. The highest BCUT2D eigenvalue weighted by atomic mass is 19.4. The first kappa shape index (κ1) is 21.9. The molecule has 0 amide bonds. The second-order valence-corrected chi connectivity index (χ2v) is 7.22. The van der Waals surface area contributed by atoms with Crippen molar-refractivity contribution in [3.05, 3.63) is 83.4 Å². The molecule has 0 aliphatic carbocycles. The van der Waals surface area contributed by atoms with Gasteiger partial charge in [-0.2, -0.15) is 26.3 Å². The average molecular weight is 423 g/mol. The van der Waals surface area contributed by atoms with Crippen molar-refractivity contribution in [1.82, 2.24) is 4.90 Å². The van der Waals surface area contributed by atoms with Crippen LogP contribution >= 0.6 is 0 Å². The van der Waals surface area contributed by atoms with Crippen molar-refractivity contribution >= 4 is 0 Å². The molecule has 0 aliphatic heterocycles. The molecule has 0 unspecified atom stereocenters. The Morgan fingerprint density at radius 2 is 0.967 bits per heavy atom. The van der Waals surface area contributed by atoms with Crippen molar-refractivity contribution in [3.8, 4) is 22.3 Å². The smallest absolute Gasteiger partial charge is 0.305 e. The molecule has 0 heterocycles. The van der Waals surface area contributed by atoms with E-state index < -0.39 is 23.5 Å². The molecule has 0 spiro atoms. The van der Waals surface area contributed by atoms with E-state index in [1.54, 1.807) is 18.2 Å². The van der Waals surface area contributed by atoms with Gasteiger partial charge in [0.05, 0.1) is 11.1 Å². The molecule has 3 rings (SSSR count). The fraction of sp³-hybridized carbons (Fsp3) is 0.217. The van der Waals surface area contributed by atoms with E-state index in [0.717, 1.165) is 41.0 Å². The summed E-state index contributed by atoms with van der Waals surface area (Å²) < 4.78 is 77.3. The summed E-state index contributed by atoms with van der Waals surface area (Å²) in [7, 11) is 3.69. The van der Waals surface area contributed by atoms with Gasteiger partial charge in [0.15, 0.2) is 0 Å². The monoisotopic (exact) mass is 423 g/mol. The maximum absolute atomic E-state index is 12.9. The van der Waals surface area contributed by atoms with E-state index in [0.29, 0.717) is 17.7 Å². The van der Waals surface area contributed by atoms with E-state index in [9.17, 15) is 26.3 Å². The van der Waals surface area contributed by atoms with Gasteiger partial charge in [-0.3, -0.25) is 0 Å². The van der Waals surface area contributed by atoms with Crippen molar-refractivity contribution < 1.29 is 26.3 Å². The molecule has 0 saturated carbocycles. The van der Waals surface area contributed by atoms with E-state index in [4.69, 9.17) is 0 Å². The van der Waals surface area contributed by atoms with Crippen LogP contribution in [0.3, 0.4) is 0 Å². The Labute approximate surface area is 170 Å². The number of benzene rings is 3. The lowest BCUT2D eigenvalue weighted by Crippen LogP contribution is -2.13. The topological polar surface area (TPSA) is 3.24 Å². The van der Waals surface area contributed by atoms with Gasteiger partial charge in [0.25, 0.3) is 0 Å². The molecule has 1 nitrogen and oxygen atoms in total. The molecule has 0 saturated heterocycles. The highest BCUT2D eigenvalue weighted by Crippen LogP contribution is 2.37. The second-order valence-electron chi connectivity index (χ2n) is 7.22. The zero-order valence-electron chi connectivity index (χ0n) is 16.3. The highest BCUT2D eigenvalue weighted by molar-refractivity contribution is 5.78. The predicted octanol–water partition coefficient (Wildman–Crippen LogP) is 7.12. The third-order valence-electron chi connectivity index (χ3n) is 4.70. The normalized spacial score (nSPS) is 12.4. The van der Waals surface area contributed by atoms with E-state index in [2.05, 4.69) is 0 Å². The summed E-state index contributed by atoms with van der Waals surface area (Å²) in [6, 6.07) is 15.1. The summed E-state index contributed by atoms with van der Waals surface area (Å²) in [6.07, 6.45) is -8.85. The van der Waals surface area contributed by atoms with Crippen LogP contribution in [0.15, 0.2) is 66.7 Å². The third kappa shape index (κ3) is 4.84. The van der Waals surface area contributed by atoms with Crippen LogP contribution in [0.4, 0.5) is 26.3 Å². The fourth-order valence-corrected chi connectivity index (χ4v) is 3.29. The number of alkyl halides is 6. The largest absolute Gasteiger partial charge is 0.416 e. The molecule has 7 heteroatoms. The average Bonchev–Trinajstić information content (AvgIpc) is 2.67. The minimum absolute atomic E-state index is 0.466. The molecule has 3 aromatic rings. The van der Waals surface area contributed by atoms with Crippen LogP contribution in [0.5, 0.6) is 0 Å². The zero-order valence-corrected chi connectivity index (χ0v) is 16.3. The minimum Gasteiger partial charge on any atom is -0.305 e. The number of rotatable bonds is 4. The summed E-state index contributed by atoms with van der Waals surface area (Å²) in [5.41, 5.74) is 2.02. The molecule has 158 valence electrons. The zero-order chi connectivity index (χ0) is 22.1. The van der Waals surface area contributed by atoms with Crippen LogP contribution in [0.2, 0.25) is 0 Å². The molecule has 0 aliphatic rings. The fourth-order valence-electron chi connectivity index (χ4n) is 3.29. The Morgan fingerprint density at radius 1 is 0.600 bits per heavy atom. The lowest BCUT2D eigenvalue weighted by molar-refractivity contribution is -0.138. The number of nitrogens with zero attached hydrogens (tertiary/aromatic N) is 1. The Kier molecular flexibility index (Phi) is 5.94. The van der Waals surface area contributed by atoms with Gasteiger partial charge in [-0.25, -0.2) is 0 Å². The summed E-state index contributed by atoms with van der Waals surface area (Å²) in [5.74, 6) is 0. The maximum Gasteiger partial charge on any atom is 0.416 e. The van der Waals surface area contributed by atoms with Gasteiger partial charge in [-0.05, 0) is 66.2 Å². The van der Waals surface area contributed by atoms with Crippen LogP contribution < -0.4 is 0 Å². The van der Waals surface area contributed by atoms with Gasteiger partial charge in [0.1, 0.15) is 0 Å². The van der Waals surface area contributed by atoms with Crippen molar-refractivity contribution in [2.45, 2.75) is 18.9 Å². The van der Waals surface area contributed by atoms with Gasteiger partial charge < -0.3 is 4.90 Å². The van der Waals surface area contributed by atoms with Gasteiger partial charge in [0, 0.05) is 6.54 Å². The Bertz CT molecular complexity index is 924. The van der Waals surface area contributed by atoms with Crippen LogP contribution in [0.25, 0.3) is 22.3 Å². The molecule has 0 atom stereocenters. The van der Waals surface area contributed by atoms with E-state index in [-0.39, 0.29) is 0 Å². The third-order valence-corrected chi connectivity index (χ3v) is 4.70. The van der Waals surface area contributed by atoms with Crippen LogP contribution in [0.1, 0.15) is 16.7 Å². The summed E-state index contributed by atoms with van der Waals surface area (Å²) in [4.78, 5) is 1.90. The lowest BCUT2D eigenvalue weighted by atomic mass is 9.91. The standard InChI is InChI=1S/C23H19F6N/c1-30(2)14-21-19(15-6-10-17(11-7-15)22(24,25)26)4-3-5-20(21)16-8-12-18(13-9-16)23(27,28)29/h3-13H,14H2,1-2H3. The van der Waals surface area contributed by atoms with E-state index in [1.807, 2.05) is 19.0 Å². The summed E-state index contributed by atoms with van der Waals surface area (Å²) >= 11 is 0. The maximum atomic E-state index is 12.9. The molecule has 0 radical (unpaired) electrons. The molecule has 0 fully saturated rings. The van der Waals surface area contributed by atoms with Crippen LogP contribution in [0, 0.1) is 0 Å². The van der Waals surface area contributed by atoms with Gasteiger partial charge >= 0.3 is 12.4 Å². The highest BCUT2D eigenvalue weighted by Gasteiger charge is 2.31. The van der Waals surface area contributed by atoms with Gasteiger partial charge in [-0.1, -0.05) is 42.5 Å². The first-order valence-electron chi connectivity index (χ1n) is 9.08. The molecule has 30 heavy (non-hydrogen) atoms. The van der Waals surface area contributed by atoms with E-state index in [1.165, 1.54) is 24.3 Å². The Morgan fingerprint density at radius 3 is 1.27 bits per heavy atom. The quantitative estimate of drug-likeness (QED) is 0.404. The first-order valence-corrected chi connectivity index (χ1v) is 9.08. The van der Waals surface area contributed by atoms with E-state index >= 15 is 0 Å². The van der Waals surface area contributed by atoms with Gasteiger partial charge in [-0.15, -0.1) is 0 Å². The lowest BCUT2D eigenvalue weighted by Gasteiger charge is -2.20. The van der Waals surface area contributed by atoms with Crippen molar-refractivity contribution in [1.29, 1.82) is 0 Å². The molecule has 3 aromatic carbocycles. The number of hydrogen-bond donors (Lipinski definition) is 0. The molecular weight excluding hydrogens is 404 g/mol. The van der Waals surface area contributed by atoms with Crippen molar-refractivity contribution in [2.24, 2.45) is 0 Å². The predicted molar refractivity (Wildman–Crippen MR) is 105 cm³/mol.